The minimum atomic E-state index is -0.164. The second-order valence-electron chi connectivity index (χ2n) is 3.58. The van der Waals surface area contributed by atoms with E-state index in [4.69, 9.17) is 4.74 Å². The zero-order valence-electron chi connectivity index (χ0n) is 9.13. The quantitative estimate of drug-likeness (QED) is 0.661. The number of hydrogen-bond acceptors (Lipinski definition) is 3. The summed E-state index contributed by atoms with van der Waals surface area (Å²) in [5.74, 6) is 0.278. The number of nitrogens with one attached hydrogen (secondary N) is 1. The van der Waals surface area contributed by atoms with Gasteiger partial charge in [0, 0.05) is 13.0 Å². The number of hydrogen-bond donors (Lipinski definition) is 1. The molecule has 4 heteroatoms. The van der Waals surface area contributed by atoms with Crippen LogP contribution in [0.3, 0.4) is 0 Å². The maximum atomic E-state index is 11.1. The molecule has 82 valence electrons. The van der Waals surface area contributed by atoms with Crippen LogP contribution in [0.1, 0.15) is 27.2 Å². The van der Waals surface area contributed by atoms with Gasteiger partial charge in [-0.3, -0.25) is 9.59 Å². The van der Waals surface area contributed by atoms with Crippen LogP contribution in [0, 0.1) is 5.92 Å². The Morgan fingerprint density at radius 3 is 2.43 bits per heavy atom. The van der Waals surface area contributed by atoms with Gasteiger partial charge in [-0.25, -0.2) is 0 Å². The first kappa shape index (κ1) is 13.1. The molecule has 0 aromatic carbocycles. The van der Waals surface area contributed by atoms with E-state index in [0.717, 1.165) is 0 Å². The van der Waals surface area contributed by atoms with Gasteiger partial charge >= 0.3 is 0 Å². The number of carbonyl (C=O) groups is 2. The van der Waals surface area contributed by atoms with Crippen LogP contribution >= 0.6 is 0 Å². The smallest absolute Gasteiger partial charge is 0.246 e. The molecule has 0 bridgehead atoms. The predicted molar refractivity (Wildman–Crippen MR) is 54.0 cm³/mol. The monoisotopic (exact) mass is 201 g/mol. The Labute approximate surface area is 85.0 Å². The number of carbonyl (C=O) groups excluding carboxylic acids is 2. The first-order chi connectivity index (χ1) is 6.56. The highest BCUT2D eigenvalue weighted by molar-refractivity contribution is 5.80. The number of ketones is 1. The molecule has 1 N–H and O–H groups in total. The highest BCUT2D eigenvalue weighted by atomic mass is 16.5. The van der Waals surface area contributed by atoms with Crippen LogP contribution in [0.2, 0.25) is 0 Å². The predicted octanol–water partition coefficient (Wildman–Crippen LogP) is 0.754. The van der Waals surface area contributed by atoms with Crippen molar-refractivity contribution in [2.45, 2.75) is 27.2 Å². The third-order valence-electron chi connectivity index (χ3n) is 1.60. The van der Waals surface area contributed by atoms with Crippen LogP contribution in [-0.4, -0.2) is 31.4 Å². The zero-order valence-corrected chi connectivity index (χ0v) is 9.13. The van der Waals surface area contributed by atoms with Gasteiger partial charge in [0.1, 0.15) is 13.2 Å². The van der Waals surface area contributed by atoms with Crippen molar-refractivity contribution in [3.05, 3.63) is 0 Å². The van der Waals surface area contributed by atoms with E-state index in [1.807, 2.05) is 13.8 Å². The van der Waals surface area contributed by atoms with Gasteiger partial charge in [0.15, 0.2) is 5.78 Å². The molecular formula is C10H19NO3. The van der Waals surface area contributed by atoms with Gasteiger partial charge in [0.2, 0.25) is 5.91 Å². The topological polar surface area (TPSA) is 55.4 Å². The number of rotatable bonds is 7. The van der Waals surface area contributed by atoms with Crippen LogP contribution < -0.4 is 5.32 Å². The summed E-state index contributed by atoms with van der Waals surface area (Å²) in [6.07, 6.45) is 0.452. The van der Waals surface area contributed by atoms with Crippen molar-refractivity contribution in [2.75, 3.05) is 19.8 Å². The van der Waals surface area contributed by atoms with Crippen molar-refractivity contribution in [1.82, 2.24) is 5.32 Å². The van der Waals surface area contributed by atoms with E-state index < -0.39 is 0 Å². The summed E-state index contributed by atoms with van der Waals surface area (Å²) in [4.78, 5) is 21.9. The van der Waals surface area contributed by atoms with Crippen molar-refractivity contribution in [3.8, 4) is 0 Å². The Morgan fingerprint density at radius 1 is 1.29 bits per heavy atom. The molecule has 0 atom stereocenters. The third-order valence-corrected chi connectivity index (χ3v) is 1.60. The SMILES string of the molecule is CCC(=O)COCC(=O)NCC(C)C. The summed E-state index contributed by atoms with van der Waals surface area (Å²) in [6, 6.07) is 0. The molecular weight excluding hydrogens is 182 g/mol. The molecule has 0 unspecified atom stereocenters. The van der Waals surface area contributed by atoms with E-state index >= 15 is 0 Å². The Bertz CT molecular complexity index is 190. The minimum absolute atomic E-state index is 0.0154. The van der Waals surface area contributed by atoms with Crippen molar-refractivity contribution in [3.63, 3.8) is 0 Å². The van der Waals surface area contributed by atoms with Gasteiger partial charge in [-0.15, -0.1) is 0 Å². The standard InChI is InChI=1S/C10H19NO3/c1-4-9(12)6-14-7-10(13)11-5-8(2)3/h8H,4-7H2,1-3H3,(H,11,13). The molecule has 0 rings (SSSR count). The first-order valence-electron chi connectivity index (χ1n) is 4.92. The molecule has 0 aromatic heterocycles. The Kier molecular flexibility index (Phi) is 7.02. The van der Waals surface area contributed by atoms with Gasteiger partial charge in [0.05, 0.1) is 0 Å². The molecule has 0 saturated heterocycles. The number of Topliss-reactive ketones (excluding diaryl/α,β-unsaturated/α-hetero) is 1. The van der Waals surface area contributed by atoms with Crippen molar-refractivity contribution < 1.29 is 14.3 Å². The average molecular weight is 201 g/mol. The van der Waals surface area contributed by atoms with E-state index in [0.29, 0.717) is 18.9 Å². The fraction of sp³-hybridized carbons (Fsp3) is 0.800. The normalized spacial score (nSPS) is 10.3. The summed E-state index contributed by atoms with van der Waals surface area (Å²) in [5.41, 5.74) is 0. The summed E-state index contributed by atoms with van der Waals surface area (Å²) in [5, 5.41) is 2.70. The molecule has 0 heterocycles. The second kappa shape index (κ2) is 7.50. The molecule has 0 saturated carbocycles. The summed E-state index contributed by atoms with van der Waals surface area (Å²) in [7, 11) is 0. The van der Waals surface area contributed by atoms with Crippen molar-refractivity contribution >= 4 is 11.7 Å². The average Bonchev–Trinajstić information content (AvgIpc) is 2.14. The van der Waals surface area contributed by atoms with E-state index in [2.05, 4.69) is 5.32 Å². The molecule has 1 amide bonds. The van der Waals surface area contributed by atoms with Crippen molar-refractivity contribution in [2.24, 2.45) is 5.92 Å². The lowest BCUT2D eigenvalue weighted by Crippen LogP contribution is -2.31. The second-order valence-corrected chi connectivity index (χ2v) is 3.58. The van der Waals surface area contributed by atoms with Crippen LogP contribution in [0.5, 0.6) is 0 Å². The first-order valence-corrected chi connectivity index (χ1v) is 4.92. The van der Waals surface area contributed by atoms with Gasteiger partial charge in [-0.2, -0.15) is 0 Å². The lowest BCUT2D eigenvalue weighted by Gasteiger charge is -2.07. The third kappa shape index (κ3) is 7.73. The minimum Gasteiger partial charge on any atom is -0.364 e. The highest BCUT2D eigenvalue weighted by Gasteiger charge is 2.03. The summed E-state index contributed by atoms with van der Waals surface area (Å²) >= 11 is 0. The largest absolute Gasteiger partial charge is 0.364 e. The van der Waals surface area contributed by atoms with Gasteiger partial charge in [0.25, 0.3) is 0 Å². The molecule has 0 aliphatic heterocycles. The maximum absolute atomic E-state index is 11.1. The maximum Gasteiger partial charge on any atom is 0.246 e. The Hall–Kier alpha value is -0.900. The molecule has 4 nitrogen and oxygen atoms in total. The van der Waals surface area contributed by atoms with E-state index in [-0.39, 0.29) is 24.9 Å². The van der Waals surface area contributed by atoms with Crippen molar-refractivity contribution in [1.29, 1.82) is 0 Å². The molecule has 0 aliphatic rings. The van der Waals surface area contributed by atoms with Crippen LogP contribution in [0.4, 0.5) is 0 Å². The van der Waals surface area contributed by atoms with Gasteiger partial charge in [-0.1, -0.05) is 20.8 Å². The van der Waals surface area contributed by atoms with Crippen LogP contribution in [0.25, 0.3) is 0 Å². The van der Waals surface area contributed by atoms with Gasteiger partial charge in [-0.05, 0) is 5.92 Å². The lowest BCUT2D eigenvalue weighted by atomic mass is 10.2. The molecule has 14 heavy (non-hydrogen) atoms. The number of amides is 1. The van der Waals surface area contributed by atoms with Crippen LogP contribution in [0.15, 0.2) is 0 Å². The molecule has 0 fully saturated rings. The van der Waals surface area contributed by atoms with E-state index in [9.17, 15) is 9.59 Å². The summed E-state index contributed by atoms with van der Waals surface area (Å²) < 4.78 is 4.92. The fourth-order valence-corrected chi connectivity index (χ4v) is 0.729. The lowest BCUT2D eigenvalue weighted by molar-refractivity contribution is -0.129. The zero-order chi connectivity index (χ0) is 11.0. The fourth-order valence-electron chi connectivity index (χ4n) is 0.729. The van der Waals surface area contributed by atoms with E-state index in [1.54, 1.807) is 6.92 Å². The van der Waals surface area contributed by atoms with Gasteiger partial charge < -0.3 is 10.1 Å². The summed E-state index contributed by atoms with van der Waals surface area (Å²) in [6.45, 7) is 6.45. The van der Waals surface area contributed by atoms with E-state index in [1.165, 1.54) is 0 Å². The Morgan fingerprint density at radius 2 is 1.93 bits per heavy atom. The number of ether oxygens (including phenoxy) is 1. The molecule has 0 radical (unpaired) electrons. The highest BCUT2D eigenvalue weighted by Crippen LogP contribution is 1.87. The van der Waals surface area contributed by atoms with Crippen LogP contribution in [-0.2, 0) is 14.3 Å². The Balaban J connectivity index is 3.40. The molecule has 0 spiro atoms. The molecule has 0 aromatic rings. The molecule has 0 aliphatic carbocycles.